The van der Waals surface area contributed by atoms with Crippen LogP contribution in [-0.2, 0) is 11.3 Å². The minimum atomic E-state index is 0.477. The molecule has 1 aromatic rings. The summed E-state index contributed by atoms with van der Waals surface area (Å²) in [6, 6.07) is 0. The molecule has 1 heterocycles. The van der Waals surface area contributed by atoms with Gasteiger partial charge >= 0.3 is 0 Å². The monoisotopic (exact) mass is 257 g/mol. The van der Waals surface area contributed by atoms with Crippen LogP contribution in [0.1, 0.15) is 25.5 Å². The van der Waals surface area contributed by atoms with E-state index in [-0.39, 0.29) is 0 Å². The van der Waals surface area contributed by atoms with Crippen LogP contribution in [0.5, 0.6) is 0 Å². The molecule has 4 nitrogen and oxygen atoms in total. The van der Waals surface area contributed by atoms with Gasteiger partial charge in [-0.15, -0.1) is 0 Å². The highest BCUT2D eigenvalue weighted by Gasteiger charge is 2.07. The van der Waals surface area contributed by atoms with Crippen LogP contribution in [0, 0.1) is 4.77 Å². The van der Waals surface area contributed by atoms with Crippen LogP contribution in [0.25, 0.3) is 0 Å². The maximum atomic E-state index is 5.58. The summed E-state index contributed by atoms with van der Waals surface area (Å²) in [4.78, 5) is 5.20. The number of aromatic nitrogens is 2. The van der Waals surface area contributed by atoms with E-state index in [1.54, 1.807) is 0 Å². The quantitative estimate of drug-likeness (QED) is 0.601. The predicted octanol–water partition coefficient (Wildman–Crippen LogP) is 2.25. The lowest BCUT2D eigenvalue weighted by Crippen LogP contribution is -2.19. The van der Waals surface area contributed by atoms with Gasteiger partial charge in [0.25, 0.3) is 0 Å². The van der Waals surface area contributed by atoms with Crippen molar-refractivity contribution < 1.29 is 4.74 Å². The summed E-state index contributed by atoms with van der Waals surface area (Å²) in [5, 5.41) is 0. The van der Waals surface area contributed by atoms with Crippen molar-refractivity contribution in [2.24, 2.45) is 0 Å². The number of H-pyrrole nitrogens is 1. The molecule has 5 heteroatoms. The number of hydrogen-bond acceptors (Lipinski definition) is 3. The third-order valence-electron chi connectivity index (χ3n) is 2.63. The summed E-state index contributed by atoms with van der Waals surface area (Å²) in [6.45, 7) is 7.59. The van der Waals surface area contributed by atoms with Gasteiger partial charge in [0.05, 0.1) is 13.2 Å². The summed E-state index contributed by atoms with van der Waals surface area (Å²) < 4.78 is 8.49. The molecule has 0 aliphatic heterocycles. The van der Waals surface area contributed by atoms with Gasteiger partial charge < -0.3 is 19.2 Å². The maximum Gasteiger partial charge on any atom is 0.177 e. The standard InChI is InChI=1S/C12H23N3OS/c1-10(2)11-9-13-12(17)15(11)6-8-16-7-5-14(3)4/h9-10H,5-8H2,1-4H3,(H,13,17). The van der Waals surface area contributed by atoms with Gasteiger partial charge in [-0.3, -0.25) is 0 Å². The van der Waals surface area contributed by atoms with E-state index in [0.29, 0.717) is 12.5 Å². The minimum absolute atomic E-state index is 0.477. The lowest BCUT2D eigenvalue weighted by Gasteiger charge is -2.12. The second-order valence-corrected chi connectivity index (χ2v) is 5.13. The second kappa shape index (κ2) is 6.93. The molecule has 0 amide bonds. The Hall–Kier alpha value is -0.650. The van der Waals surface area contributed by atoms with Crippen LogP contribution in [0.4, 0.5) is 0 Å². The number of rotatable bonds is 7. The first-order valence-corrected chi connectivity index (χ1v) is 6.43. The molecule has 0 unspecified atom stereocenters. The van der Waals surface area contributed by atoms with Crippen molar-refractivity contribution in [3.05, 3.63) is 16.7 Å². The molecular formula is C12H23N3OS. The Balaban J connectivity index is 2.41. The van der Waals surface area contributed by atoms with Crippen molar-refractivity contribution in [2.45, 2.75) is 26.3 Å². The molecule has 17 heavy (non-hydrogen) atoms. The van der Waals surface area contributed by atoms with E-state index < -0.39 is 0 Å². The molecule has 0 bridgehead atoms. The molecule has 0 saturated heterocycles. The average Bonchev–Trinajstić information content (AvgIpc) is 2.59. The van der Waals surface area contributed by atoms with E-state index in [2.05, 4.69) is 28.3 Å². The van der Waals surface area contributed by atoms with Crippen LogP contribution >= 0.6 is 12.2 Å². The van der Waals surface area contributed by atoms with Gasteiger partial charge in [0.1, 0.15) is 0 Å². The Morgan fingerprint density at radius 2 is 2.12 bits per heavy atom. The first kappa shape index (κ1) is 14.4. The van der Waals surface area contributed by atoms with Crippen LogP contribution in [-0.4, -0.2) is 48.3 Å². The Kier molecular flexibility index (Phi) is 5.88. The summed E-state index contributed by atoms with van der Waals surface area (Å²) in [5.41, 5.74) is 1.24. The zero-order valence-electron chi connectivity index (χ0n) is 11.2. The lowest BCUT2D eigenvalue weighted by atomic mass is 10.1. The number of hydrogen-bond donors (Lipinski definition) is 1. The van der Waals surface area contributed by atoms with E-state index in [0.717, 1.165) is 24.5 Å². The fourth-order valence-electron chi connectivity index (χ4n) is 1.62. The van der Waals surface area contributed by atoms with E-state index in [1.807, 2.05) is 20.3 Å². The maximum absolute atomic E-state index is 5.58. The highest BCUT2D eigenvalue weighted by atomic mass is 32.1. The van der Waals surface area contributed by atoms with Crippen molar-refractivity contribution in [3.63, 3.8) is 0 Å². The molecule has 1 rings (SSSR count). The van der Waals surface area contributed by atoms with Crippen molar-refractivity contribution in [3.8, 4) is 0 Å². The van der Waals surface area contributed by atoms with Crippen molar-refractivity contribution in [1.82, 2.24) is 14.5 Å². The molecule has 0 aliphatic carbocycles. The fraction of sp³-hybridized carbons (Fsp3) is 0.750. The van der Waals surface area contributed by atoms with Gasteiger partial charge in [-0.05, 0) is 32.2 Å². The highest BCUT2D eigenvalue weighted by molar-refractivity contribution is 7.71. The number of aromatic amines is 1. The lowest BCUT2D eigenvalue weighted by molar-refractivity contribution is 0.110. The Labute approximate surface area is 109 Å². The van der Waals surface area contributed by atoms with Crippen LogP contribution in [0.15, 0.2) is 6.20 Å². The highest BCUT2D eigenvalue weighted by Crippen LogP contribution is 2.14. The summed E-state index contributed by atoms with van der Waals surface area (Å²) in [5.74, 6) is 0.477. The molecule has 0 spiro atoms. The summed E-state index contributed by atoms with van der Waals surface area (Å²) in [7, 11) is 4.09. The molecule has 0 atom stereocenters. The topological polar surface area (TPSA) is 33.2 Å². The molecule has 0 aliphatic rings. The molecule has 98 valence electrons. The number of nitrogens with zero attached hydrogens (tertiary/aromatic N) is 2. The van der Waals surface area contributed by atoms with Crippen molar-refractivity contribution >= 4 is 12.2 Å². The van der Waals surface area contributed by atoms with Gasteiger partial charge in [-0.1, -0.05) is 13.8 Å². The zero-order valence-corrected chi connectivity index (χ0v) is 12.0. The number of likely N-dealkylation sites (N-methyl/N-ethyl adjacent to an activating group) is 1. The fourth-order valence-corrected chi connectivity index (χ4v) is 1.88. The van der Waals surface area contributed by atoms with Crippen molar-refractivity contribution in [1.29, 1.82) is 0 Å². The number of imidazole rings is 1. The normalized spacial score (nSPS) is 11.6. The van der Waals surface area contributed by atoms with Crippen LogP contribution < -0.4 is 0 Å². The van der Waals surface area contributed by atoms with Gasteiger partial charge in [0.2, 0.25) is 0 Å². The molecule has 1 N–H and O–H groups in total. The number of nitrogens with one attached hydrogen (secondary N) is 1. The summed E-state index contributed by atoms with van der Waals surface area (Å²) >= 11 is 5.26. The molecule has 1 aromatic heterocycles. The first-order valence-electron chi connectivity index (χ1n) is 6.03. The second-order valence-electron chi connectivity index (χ2n) is 4.74. The molecule has 0 aromatic carbocycles. The smallest absolute Gasteiger partial charge is 0.177 e. The Morgan fingerprint density at radius 3 is 2.71 bits per heavy atom. The Bertz CT molecular complexity index is 381. The van der Waals surface area contributed by atoms with Crippen LogP contribution in [0.3, 0.4) is 0 Å². The third-order valence-corrected chi connectivity index (χ3v) is 2.97. The van der Waals surface area contributed by atoms with E-state index in [9.17, 15) is 0 Å². The van der Waals surface area contributed by atoms with Gasteiger partial charge in [0, 0.05) is 25.0 Å². The third kappa shape index (κ3) is 4.61. The molecule has 0 fully saturated rings. The number of ether oxygens (including phenoxy) is 1. The molecule has 0 saturated carbocycles. The Morgan fingerprint density at radius 1 is 1.41 bits per heavy atom. The predicted molar refractivity (Wildman–Crippen MR) is 73.1 cm³/mol. The molecule has 0 radical (unpaired) electrons. The van der Waals surface area contributed by atoms with Crippen molar-refractivity contribution in [2.75, 3.05) is 33.9 Å². The van der Waals surface area contributed by atoms with Crippen LogP contribution in [0.2, 0.25) is 0 Å². The van der Waals surface area contributed by atoms with Gasteiger partial charge in [0.15, 0.2) is 4.77 Å². The SMILES string of the molecule is CC(C)c1c[nH]c(=S)n1CCOCCN(C)C. The average molecular weight is 257 g/mol. The largest absolute Gasteiger partial charge is 0.378 e. The first-order chi connectivity index (χ1) is 8.02. The summed E-state index contributed by atoms with van der Waals surface area (Å²) in [6.07, 6.45) is 1.99. The van der Waals surface area contributed by atoms with Gasteiger partial charge in [-0.25, -0.2) is 0 Å². The van der Waals surface area contributed by atoms with E-state index in [1.165, 1.54) is 5.69 Å². The minimum Gasteiger partial charge on any atom is -0.378 e. The zero-order chi connectivity index (χ0) is 12.8. The molecular weight excluding hydrogens is 234 g/mol. The van der Waals surface area contributed by atoms with E-state index in [4.69, 9.17) is 17.0 Å². The van der Waals surface area contributed by atoms with E-state index >= 15 is 0 Å². The van der Waals surface area contributed by atoms with Gasteiger partial charge in [-0.2, -0.15) is 0 Å².